The number of primary amides is 1. The highest BCUT2D eigenvalue weighted by molar-refractivity contribution is 7.99. The number of furan rings is 1. The largest absolute Gasteiger partial charge is 0.461 e. The lowest BCUT2D eigenvalue weighted by atomic mass is 10.2. The molecule has 0 unspecified atom stereocenters. The summed E-state index contributed by atoms with van der Waals surface area (Å²) in [6.45, 7) is 0.677. The fraction of sp³-hybridized carbons (Fsp3) is 0.263. The molecule has 2 heterocycles. The van der Waals surface area contributed by atoms with Gasteiger partial charge in [0.2, 0.25) is 11.8 Å². The van der Waals surface area contributed by atoms with Crippen molar-refractivity contribution in [1.29, 1.82) is 0 Å². The Morgan fingerprint density at radius 3 is 2.70 bits per heavy atom. The number of thioether (sulfide) groups is 1. The molecule has 0 fully saturated rings. The van der Waals surface area contributed by atoms with E-state index in [1.165, 1.54) is 18.0 Å². The van der Waals surface area contributed by atoms with E-state index in [-0.39, 0.29) is 24.6 Å². The van der Waals surface area contributed by atoms with Crippen LogP contribution in [0.25, 0.3) is 11.6 Å². The third kappa shape index (κ3) is 5.56. The molecule has 0 spiro atoms. The maximum atomic E-state index is 12.6. The van der Waals surface area contributed by atoms with Crippen molar-refractivity contribution in [1.82, 2.24) is 19.7 Å². The molecule has 2 aromatic heterocycles. The van der Waals surface area contributed by atoms with E-state index in [9.17, 15) is 9.59 Å². The smallest absolute Gasteiger partial charge is 0.233 e. The molecule has 0 aliphatic carbocycles. The lowest BCUT2D eigenvalue weighted by molar-refractivity contribution is -0.127. The standard InChI is InChI=1S/C19H19Cl2N5O3S/c1-25(10-12-4-5-13(20)14(21)9-12)17(28)11-30-19-24-23-18(15-3-2-8-29-15)26(19)7-6-16(22)27/h2-5,8-9H,6-7,10-11H2,1H3,(H2,22,27). The first-order valence-corrected chi connectivity index (χ1v) is 10.7. The lowest BCUT2D eigenvalue weighted by Crippen LogP contribution is -2.28. The summed E-state index contributed by atoms with van der Waals surface area (Å²) in [7, 11) is 1.71. The topological polar surface area (TPSA) is 107 Å². The highest BCUT2D eigenvalue weighted by Gasteiger charge is 2.19. The van der Waals surface area contributed by atoms with E-state index in [2.05, 4.69) is 10.2 Å². The minimum atomic E-state index is -0.442. The van der Waals surface area contributed by atoms with Crippen LogP contribution in [-0.2, 0) is 22.7 Å². The maximum Gasteiger partial charge on any atom is 0.233 e. The molecule has 0 aliphatic rings. The normalized spacial score (nSPS) is 10.9. The summed E-state index contributed by atoms with van der Waals surface area (Å²) in [5, 5.41) is 9.69. The van der Waals surface area contributed by atoms with E-state index in [1.54, 1.807) is 40.8 Å². The third-order valence-electron chi connectivity index (χ3n) is 4.19. The molecule has 11 heteroatoms. The van der Waals surface area contributed by atoms with Crippen LogP contribution in [0.4, 0.5) is 0 Å². The molecule has 2 amide bonds. The van der Waals surface area contributed by atoms with E-state index >= 15 is 0 Å². The number of carbonyl (C=O) groups excluding carboxylic acids is 2. The predicted octanol–water partition coefficient (Wildman–Crippen LogP) is 3.47. The van der Waals surface area contributed by atoms with Gasteiger partial charge in [0, 0.05) is 26.6 Å². The Morgan fingerprint density at radius 1 is 1.23 bits per heavy atom. The number of amides is 2. The number of nitrogens with two attached hydrogens (primary N) is 1. The Kier molecular flexibility index (Phi) is 7.41. The Hall–Kier alpha value is -2.49. The van der Waals surface area contributed by atoms with Crippen LogP contribution in [0.15, 0.2) is 46.2 Å². The Labute approximate surface area is 187 Å². The van der Waals surface area contributed by atoms with Gasteiger partial charge in [-0.05, 0) is 29.8 Å². The van der Waals surface area contributed by atoms with Gasteiger partial charge in [-0.1, -0.05) is 41.0 Å². The SMILES string of the molecule is CN(Cc1ccc(Cl)c(Cl)c1)C(=O)CSc1nnc(-c2ccco2)n1CCC(N)=O. The molecule has 0 saturated heterocycles. The average molecular weight is 468 g/mol. The molecule has 3 aromatic rings. The van der Waals surface area contributed by atoms with E-state index < -0.39 is 5.91 Å². The second-order valence-electron chi connectivity index (χ2n) is 6.44. The van der Waals surface area contributed by atoms with Crippen molar-refractivity contribution in [3.63, 3.8) is 0 Å². The highest BCUT2D eigenvalue weighted by Crippen LogP contribution is 2.26. The molecular weight excluding hydrogens is 449 g/mol. The number of halogens is 2. The number of carbonyl (C=O) groups is 2. The molecule has 0 atom stereocenters. The van der Waals surface area contributed by atoms with Gasteiger partial charge in [-0.3, -0.25) is 14.2 Å². The van der Waals surface area contributed by atoms with Crippen molar-refractivity contribution in [3.05, 3.63) is 52.2 Å². The number of nitrogens with zero attached hydrogens (tertiary/aromatic N) is 4. The number of aromatic nitrogens is 3. The Balaban J connectivity index is 1.67. The van der Waals surface area contributed by atoms with E-state index in [4.69, 9.17) is 33.4 Å². The summed E-state index contributed by atoms with van der Waals surface area (Å²) in [5.74, 6) is 0.588. The van der Waals surface area contributed by atoms with Gasteiger partial charge in [0.15, 0.2) is 16.7 Å². The van der Waals surface area contributed by atoms with Crippen molar-refractivity contribution >= 4 is 46.8 Å². The molecule has 8 nitrogen and oxygen atoms in total. The summed E-state index contributed by atoms with van der Waals surface area (Å²) in [6.07, 6.45) is 1.64. The fourth-order valence-corrected chi connectivity index (χ4v) is 3.87. The first-order chi connectivity index (χ1) is 14.3. The van der Waals surface area contributed by atoms with Crippen LogP contribution in [0.5, 0.6) is 0 Å². The van der Waals surface area contributed by atoms with Crippen LogP contribution in [0.3, 0.4) is 0 Å². The van der Waals surface area contributed by atoms with Crippen LogP contribution >= 0.6 is 35.0 Å². The summed E-state index contributed by atoms with van der Waals surface area (Å²) < 4.78 is 7.11. The molecule has 3 rings (SSSR count). The van der Waals surface area contributed by atoms with Crippen molar-refractivity contribution in [3.8, 4) is 11.6 Å². The molecule has 2 N–H and O–H groups in total. The van der Waals surface area contributed by atoms with Gasteiger partial charge in [0.05, 0.1) is 22.1 Å². The molecule has 30 heavy (non-hydrogen) atoms. The van der Waals surface area contributed by atoms with Crippen molar-refractivity contribution in [2.45, 2.75) is 24.7 Å². The number of hydrogen-bond acceptors (Lipinski definition) is 6. The Bertz CT molecular complexity index is 1040. The Morgan fingerprint density at radius 2 is 2.03 bits per heavy atom. The summed E-state index contributed by atoms with van der Waals surface area (Å²) in [6, 6.07) is 8.73. The number of rotatable bonds is 9. The van der Waals surface area contributed by atoms with Crippen LogP contribution in [0.2, 0.25) is 10.0 Å². The van der Waals surface area contributed by atoms with Gasteiger partial charge in [-0.15, -0.1) is 10.2 Å². The maximum absolute atomic E-state index is 12.6. The fourth-order valence-electron chi connectivity index (χ4n) is 2.64. The quantitative estimate of drug-likeness (QED) is 0.482. The average Bonchev–Trinajstić information content (AvgIpc) is 3.36. The predicted molar refractivity (Wildman–Crippen MR) is 115 cm³/mol. The van der Waals surface area contributed by atoms with Crippen molar-refractivity contribution in [2.24, 2.45) is 5.73 Å². The van der Waals surface area contributed by atoms with Crippen molar-refractivity contribution in [2.75, 3.05) is 12.8 Å². The van der Waals surface area contributed by atoms with Gasteiger partial charge in [-0.25, -0.2) is 0 Å². The monoisotopic (exact) mass is 467 g/mol. The van der Waals surface area contributed by atoms with Crippen molar-refractivity contribution < 1.29 is 14.0 Å². The lowest BCUT2D eigenvalue weighted by Gasteiger charge is -2.17. The number of hydrogen-bond donors (Lipinski definition) is 1. The summed E-state index contributed by atoms with van der Waals surface area (Å²) in [5.41, 5.74) is 6.15. The summed E-state index contributed by atoms with van der Waals surface area (Å²) >= 11 is 13.2. The molecule has 158 valence electrons. The molecule has 0 aliphatic heterocycles. The van der Waals surface area contributed by atoms with Gasteiger partial charge < -0.3 is 15.1 Å². The highest BCUT2D eigenvalue weighted by atomic mass is 35.5. The van der Waals surface area contributed by atoms with Crippen LogP contribution in [0, 0.1) is 0 Å². The first kappa shape index (κ1) is 22.2. The van der Waals surface area contributed by atoms with Gasteiger partial charge in [0.1, 0.15) is 0 Å². The second-order valence-corrected chi connectivity index (χ2v) is 8.20. The van der Waals surface area contributed by atoms with Crippen LogP contribution < -0.4 is 5.73 Å². The van der Waals surface area contributed by atoms with Gasteiger partial charge >= 0.3 is 0 Å². The molecule has 1 aromatic carbocycles. The third-order valence-corrected chi connectivity index (χ3v) is 5.89. The van der Waals surface area contributed by atoms with E-state index in [0.717, 1.165) is 5.56 Å². The van der Waals surface area contributed by atoms with Gasteiger partial charge in [0.25, 0.3) is 0 Å². The zero-order valence-corrected chi connectivity index (χ0v) is 18.4. The minimum absolute atomic E-state index is 0.102. The van der Waals surface area contributed by atoms with E-state index in [0.29, 0.717) is 33.3 Å². The number of benzene rings is 1. The zero-order chi connectivity index (χ0) is 21.7. The molecule has 0 radical (unpaired) electrons. The molecular formula is C19H19Cl2N5O3S. The minimum Gasteiger partial charge on any atom is -0.461 e. The second kappa shape index (κ2) is 10.0. The van der Waals surface area contributed by atoms with E-state index in [1.807, 2.05) is 6.07 Å². The van der Waals surface area contributed by atoms with Gasteiger partial charge in [-0.2, -0.15) is 0 Å². The van der Waals surface area contributed by atoms with Crippen LogP contribution in [-0.4, -0.2) is 44.3 Å². The molecule has 0 bridgehead atoms. The molecule has 0 saturated carbocycles. The summed E-state index contributed by atoms with van der Waals surface area (Å²) in [4.78, 5) is 25.4. The zero-order valence-electron chi connectivity index (χ0n) is 16.0. The first-order valence-electron chi connectivity index (χ1n) is 8.91. The van der Waals surface area contributed by atoms with Crippen LogP contribution in [0.1, 0.15) is 12.0 Å².